The van der Waals surface area contributed by atoms with Gasteiger partial charge in [0, 0.05) is 0 Å². The minimum atomic E-state index is 0.163. The number of fused-ring (bicyclic) bond motifs is 1. The first kappa shape index (κ1) is 8.56. The fraction of sp³-hybridized carbons (Fsp3) is 0.500. The van der Waals surface area contributed by atoms with Crippen LogP contribution in [0.3, 0.4) is 0 Å². The summed E-state index contributed by atoms with van der Waals surface area (Å²) in [4.78, 5) is 7.87. The third kappa shape index (κ3) is 1.54. The van der Waals surface area contributed by atoms with E-state index in [1.165, 1.54) is 6.33 Å². The summed E-state index contributed by atoms with van der Waals surface area (Å²) in [5, 5.41) is 3.51. The van der Waals surface area contributed by atoms with Gasteiger partial charge in [0.2, 0.25) is 0 Å². The van der Waals surface area contributed by atoms with Crippen molar-refractivity contribution in [1.82, 2.24) is 9.97 Å². The summed E-state index contributed by atoms with van der Waals surface area (Å²) in [6.45, 7) is 2.84. The number of aromatic nitrogens is 2. The number of nitrogens with zero attached hydrogens (tertiary/aromatic N) is 2. The van der Waals surface area contributed by atoms with Crippen LogP contribution in [-0.4, -0.2) is 22.6 Å². The molecule has 1 unspecified atom stereocenters. The molecule has 1 atom stereocenters. The quantitative estimate of drug-likeness (QED) is 0.700. The van der Waals surface area contributed by atoms with E-state index in [9.17, 15) is 0 Å². The standard InChI is InChI=1S/C8H10ClN3O/c1-2-5-3-10-8-6(13-5)7(9)11-4-12-8/h4-5H,2-3H2,1H3,(H,10,11,12). The fourth-order valence-electron chi connectivity index (χ4n) is 1.23. The van der Waals surface area contributed by atoms with E-state index in [2.05, 4.69) is 22.2 Å². The number of ether oxygens (including phenoxy) is 1. The van der Waals surface area contributed by atoms with Gasteiger partial charge in [-0.2, -0.15) is 0 Å². The van der Waals surface area contributed by atoms with Gasteiger partial charge in [-0.3, -0.25) is 0 Å². The average molecular weight is 200 g/mol. The number of hydrogen-bond donors (Lipinski definition) is 1. The Balaban J connectivity index is 2.32. The third-order valence-electron chi connectivity index (χ3n) is 2.00. The van der Waals surface area contributed by atoms with Crippen LogP contribution in [0.2, 0.25) is 5.15 Å². The summed E-state index contributed by atoms with van der Waals surface area (Å²) < 4.78 is 5.59. The van der Waals surface area contributed by atoms with Gasteiger partial charge in [0.05, 0.1) is 6.54 Å². The Bertz CT molecular complexity index is 318. The van der Waals surface area contributed by atoms with E-state index in [1.807, 2.05) is 0 Å². The molecule has 0 saturated carbocycles. The Kier molecular flexibility index (Phi) is 2.22. The van der Waals surface area contributed by atoms with Crippen molar-refractivity contribution in [2.24, 2.45) is 0 Å². The maximum atomic E-state index is 5.85. The van der Waals surface area contributed by atoms with Gasteiger partial charge in [-0.25, -0.2) is 9.97 Å². The normalized spacial score (nSPS) is 20.0. The molecule has 0 saturated heterocycles. The van der Waals surface area contributed by atoms with Crippen LogP contribution >= 0.6 is 11.6 Å². The Morgan fingerprint density at radius 2 is 2.54 bits per heavy atom. The summed E-state index contributed by atoms with van der Waals surface area (Å²) in [7, 11) is 0. The van der Waals surface area contributed by atoms with Crippen LogP contribution in [-0.2, 0) is 0 Å². The molecule has 4 nitrogen and oxygen atoms in total. The summed E-state index contributed by atoms with van der Waals surface area (Å²) >= 11 is 5.85. The molecule has 1 aromatic heterocycles. The molecule has 0 spiro atoms. The number of halogens is 1. The number of hydrogen-bond acceptors (Lipinski definition) is 4. The molecule has 0 bridgehead atoms. The molecule has 5 heteroatoms. The van der Waals surface area contributed by atoms with Crippen molar-refractivity contribution >= 4 is 17.4 Å². The highest BCUT2D eigenvalue weighted by atomic mass is 35.5. The summed E-state index contributed by atoms with van der Waals surface area (Å²) in [5.41, 5.74) is 0. The molecular formula is C8H10ClN3O. The van der Waals surface area contributed by atoms with E-state index in [1.54, 1.807) is 0 Å². The monoisotopic (exact) mass is 199 g/mol. The second-order valence-electron chi connectivity index (χ2n) is 2.87. The van der Waals surface area contributed by atoms with Gasteiger partial charge in [-0.1, -0.05) is 18.5 Å². The lowest BCUT2D eigenvalue weighted by Gasteiger charge is -2.25. The molecule has 13 heavy (non-hydrogen) atoms. The zero-order valence-corrected chi connectivity index (χ0v) is 8.01. The topological polar surface area (TPSA) is 47.0 Å². The molecule has 70 valence electrons. The first-order valence-electron chi connectivity index (χ1n) is 4.22. The van der Waals surface area contributed by atoms with E-state index in [4.69, 9.17) is 16.3 Å². The van der Waals surface area contributed by atoms with Crippen molar-refractivity contribution in [3.8, 4) is 5.75 Å². The SMILES string of the molecule is CCC1CNc2ncnc(Cl)c2O1. The average Bonchev–Trinajstić information content (AvgIpc) is 2.18. The van der Waals surface area contributed by atoms with E-state index in [0.717, 1.165) is 13.0 Å². The fourth-order valence-corrected chi connectivity index (χ4v) is 1.41. The Morgan fingerprint density at radius 3 is 3.31 bits per heavy atom. The van der Waals surface area contributed by atoms with Crippen LogP contribution < -0.4 is 10.1 Å². The van der Waals surface area contributed by atoms with Gasteiger partial charge in [0.15, 0.2) is 16.7 Å². The summed E-state index contributed by atoms with van der Waals surface area (Å²) in [6, 6.07) is 0. The smallest absolute Gasteiger partial charge is 0.199 e. The van der Waals surface area contributed by atoms with Gasteiger partial charge in [0.25, 0.3) is 0 Å². The second-order valence-corrected chi connectivity index (χ2v) is 3.23. The van der Waals surface area contributed by atoms with Gasteiger partial charge in [-0.05, 0) is 6.42 Å². The van der Waals surface area contributed by atoms with Gasteiger partial charge in [-0.15, -0.1) is 0 Å². The van der Waals surface area contributed by atoms with E-state index >= 15 is 0 Å². The van der Waals surface area contributed by atoms with E-state index < -0.39 is 0 Å². The van der Waals surface area contributed by atoms with E-state index in [-0.39, 0.29) is 6.10 Å². The lowest BCUT2D eigenvalue weighted by molar-refractivity contribution is 0.200. The number of rotatable bonds is 1. The highest BCUT2D eigenvalue weighted by Crippen LogP contribution is 2.32. The summed E-state index contributed by atoms with van der Waals surface area (Å²) in [6.07, 6.45) is 2.53. The van der Waals surface area contributed by atoms with Crippen LogP contribution in [0.4, 0.5) is 5.82 Å². The van der Waals surface area contributed by atoms with Gasteiger partial charge in [0.1, 0.15) is 12.4 Å². The van der Waals surface area contributed by atoms with Crippen molar-refractivity contribution in [3.63, 3.8) is 0 Å². The molecule has 1 N–H and O–H groups in total. The van der Waals surface area contributed by atoms with Crippen molar-refractivity contribution in [2.45, 2.75) is 19.4 Å². The van der Waals surface area contributed by atoms with Crippen molar-refractivity contribution < 1.29 is 4.74 Å². The Hall–Kier alpha value is -1.03. The molecule has 1 aliphatic heterocycles. The summed E-state index contributed by atoms with van der Waals surface area (Å²) in [5.74, 6) is 1.26. The third-order valence-corrected chi connectivity index (χ3v) is 2.27. The lowest BCUT2D eigenvalue weighted by atomic mass is 10.2. The minimum Gasteiger partial charge on any atom is -0.482 e. The highest BCUT2D eigenvalue weighted by molar-refractivity contribution is 6.31. The zero-order chi connectivity index (χ0) is 9.26. The van der Waals surface area contributed by atoms with E-state index in [0.29, 0.717) is 16.7 Å². The molecule has 1 aromatic rings. The molecule has 0 fully saturated rings. The van der Waals surface area contributed by atoms with Crippen molar-refractivity contribution in [1.29, 1.82) is 0 Å². The Labute approximate surface area is 81.3 Å². The number of anilines is 1. The van der Waals surface area contributed by atoms with Crippen LogP contribution in [0.5, 0.6) is 5.75 Å². The van der Waals surface area contributed by atoms with Gasteiger partial charge >= 0.3 is 0 Å². The minimum absolute atomic E-state index is 0.163. The van der Waals surface area contributed by atoms with Gasteiger partial charge < -0.3 is 10.1 Å². The predicted octanol–water partition coefficient (Wildman–Crippen LogP) is 1.71. The second kappa shape index (κ2) is 3.38. The molecule has 2 rings (SSSR count). The molecular weight excluding hydrogens is 190 g/mol. The molecule has 1 aliphatic rings. The van der Waals surface area contributed by atoms with Crippen LogP contribution in [0.25, 0.3) is 0 Å². The number of nitrogens with one attached hydrogen (secondary N) is 1. The highest BCUT2D eigenvalue weighted by Gasteiger charge is 2.21. The van der Waals surface area contributed by atoms with Crippen molar-refractivity contribution in [3.05, 3.63) is 11.5 Å². The lowest BCUT2D eigenvalue weighted by Crippen LogP contribution is -2.30. The maximum absolute atomic E-state index is 5.85. The molecule has 0 aromatic carbocycles. The molecule has 0 amide bonds. The zero-order valence-electron chi connectivity index (χ0n) is 7.25. The van der Waals surface area contributed by atoms with Crippen LogP contribution in [0.15, 0.2) is 6.33 Å². The van der Waals surface area contributed by atoms with Crippen LogP contribution in [0, 0.1) is 0 Å². The maximum Gasteiger partial charge on any atom is 0.199 e. The predicted molar refractivity (Wildman–Crippen MR) is 50.2 cm³/mol. The first-order valence-corrected chi connectivity index (χ1v) is 4.60. The van der Waals surface area contributed by atoms with Crippen LogP contribution in [0.1, 0.15) is 13.3 Å². The first-order chi connectivity index (χ1) is 6.31. The Morgan fingerprint density at radius 1 is 1.69 bits per heavy atom. The largest absolute Gasteiger partial charge is 0.482 e. The molecule has 0 aliphatic carbocycles. The van der Waals surface area contributed by atoms with Crippen molar-refractivity contribution in [2.75, 3.05) is 11.9 Å². The molecule has 2 heterocycles. The molecule has 0 radical (unpaired) electrons.